The maximum atomic E-state index is 10.4. The molecule has 0 radical (unpaired) electrons. The molecular formula is C20H24N4O12Ti. The largest absolute Gasteiger partial charge is 4.00 e. The summed E-state index contributed by atoms with van der Waals surface area (Å²) in [4.78, 5) is 81.5. The van der Waals surface area contributed by atoms with E-state index in [1.165, 1.54) is 0 Å². The van der Waals surface area contributed by atoms with Crippen molar-refractivity contribution in [2.75, 3.05) is 0 Å². The molecule has 0 aromatic rings. The van der Waals surface area contributed by atoms with Crippen LogP contribution < -0.4 is 41.7 Å². The van der Waals surface area contributed by atoms with Gasteiger partial charge in [-0.2, -0.15) is 0 Å². The molecule has 0 spiro atoms. The smallest absolute Gasteiger partial charge is 0.548 e. The summed E-state index contributed by atoms with van der Waals surface area (Å²) in [6.07, 6.45) is 2.67. The van der Waals surface area contributed by atoms with Gasteiger partial charge in [0.05, 0.1) is 48.0 Å². The van der Waals surface area contributed by atoms with E-state index in [0.29, 0.717) is 51.4 Å². The third kappa shape index (κ3) is 12.8. The number of hydrogen-bond acceptors (Lipinski definition) is 12. The minimum Gasteiger partial charge on any atom is -0.548 e. The first-order valence-electron chi connectivity index (χ1n) is 10.8. The van der Waals surface area contributed by atoms with Crippen LogP contribution in [0.15, 0.2) is 0 Å². The average Bonchev–Trinajstić information content (AvgIpc) is 3.58. The Balaban J connectivity index is 0.000000463. The molecule has 4 saturated heterocycles. The van der Waals surface area contributed by atoms with E-state index in [-0.39, 0.29) is 45.3 Å². The van der Waals surface area contributed by atoms with Gasteiger partial charge in [0, 0.05) is 25.7 Å². The first-order chi connectivity index (χ1) is 16.8. The van der Waals surface area contributed by atoms with Crippen LogP contribution in [0, 0.1) is 0 Å². The first kappa shape index (κ1) is 33.5. The van der Waals surface area contributed by atoms with Gasteiger partial charge in [-0.25, -0.2) is 0 Å². The van der Waals surface area contributed by atoms with Gasteiger partial charge in [-0.05, 0) is 25.7 Å². The molecule has 4 atom stereocenters. The zero-order valence-corrected chi connectivity index (χ0v) is 20.9. The van der Waals surface area contributed by atoms with Crippen molar-refractivity contribution in [2.45, 2.75) is 75.5 Å². The fourth-order valence-corrected chi connectivity index (χ4v) is 3.16. The van der Waals surface area contributed by atoms with E-state index in [9.17, 15) is 58.8 Å². The van der Waals surface area contributed by atoms with Gasteiger partial charge in [0.2, 0.25) is 23.6 Å². The van der Waals surface area contributed by atoms with E-state index >= 15 is 0 Å². The quantitative estimate of drug-likeness (QED) is 0.233. The van der Waals surface area contributed by atoms with Crippen LogP contribution >= 0.6 is 0 Å². The van der Waals surface area contributed by atoms with Crippen LogP contribution in [0.1, 0.15) is 51.4 Å². The van der Waals surface area contributed by atoms with Crippen LogP contribution in [-0.4, -0.2) is 71.7 Å². The average molecular weight is 560 g/mol. The fraction of sp³-hybridized carbons (Fsp3) is 0.600. The molecule has 4 amide bonds. The maximum Gasteiger partial charge on any atom is 4.00 e. The summed E-state index contributed by atoms with van der Waals surface area (Å²) >= 11 is 0. The van der Waals surface area contributed by atoms with Crippen LogP contribution in [0.5, 0.6) is 0 Å². The van der Waals surface area contributed by atoms with Gasteiger partial charge in [0.25, 0.3) is 0 Å². The number of carboxylic acids is 4. The predicted octanol–water partition coefficient (Wildman–Crippen LogP) is -7.94. The second-order valence-electron chi connectivity index (χ2n) is 7.91. The monoisotopic (exact) mass is 560 g/mol. The number of rotatable bonds is 4. The number of carbonyl (C=O) groups is 8. The van der Waals surface area contributed by atoms with Crippen LogP contribution in [0.25, 0.3) is 0 Å². The molecule has 4 unspecified atom stereocenters. The summed E-state index contributed by atoms with van der Waals surface area (Å²) in [7, 11) is 0. The van der Waals surface area contributed by atoms with E-state index in [1.807, 2.05) is 0 Å². The Morgan fingerprint density at radius 1 is 0.459 bits per heavy atom. The molecule has 0 saturated carbocycles. The Labute approximate surface area is 224 Å². The zero-order chi connectivity index (χ0) is 27.4. The van der Waals surface area contributed by atoms with Crippen molar-refractivity contribution in [3.8, 4) is 0 Å². The van der Waals surface area contributed by atoms with Crippen LogP contribution in [0.2, 0.25) is 0 Å². The molecule has 0 aromatic heterocycles. The van der Waals surface area contributed by atoms with Crippen LogP contribution in [-0.2, 0) is 60.1 Å². The molecule has 0 aliphatic carbocycles. The molecule has 37 heavy (non-hydrogen) atoms. The van der Waals surface area contributed by atoms with Crippen molar-refractivity contribution in [2.24, 2.45) is 0 Å². The van der Waals surface area contributed by atoms with Gasteiger partial charge in [-0.3, -0.25) is 19.2 Å². The molecule has 4 heterocycles. The van der Waals surface area contributed by atoms with Crippen LogP contribution in [0.4, 0.5) is 0 Å². The molecule has 4 N–H and O–H groups in total. The van der Waals surface area contributed by atoms with E-state index in [4.69, 9.17) is 0 Å². The van der Waals surface area contributed by atoms with E-state index in [0.717, 1.165) is 0 Å². The van der Waals surface area contributed by atoms with Crippen molar-refractivity contribution in [3.63, 3.8) is 0 Å². The number of aliphatic carboxylic acids is 4. The summed E-state index contributed by atoms with van der Waals surface area (Å²) in [5, 5.41) is 49.1. The minimum atomic E-state index is -1.19. The van der Waals surface area contributed by atoms with Gasteiger partial charge in [0.1, 0.15) is 0 Å². The maximum absolute atomic E-state index is 10.4. The Morgan fingerprint density at radius 2 is 0.622 bits per heavy atom. The second kappa shape index (κ2) is 16.3. The normalized spacial score (nSPS) is 25.1. The van der Waals surface area contributed by atoms with Crippen molar-refractivity contribution in [1.29, 1.82) is 0 Å². The summed E-state index contributed by atoms with van der Waals surface area (Å²) in [6, 6.07) is -3.01. The Kier molecular flexibility index (Phi) is 14.7. The molecule has 17 heteroatoms. The fourth-order valence-electron chi connectivity index (χ4n) is 3.16. The van der Waals surface area contributed by atoms with Gasteiger partial charge in [-0.1, -0.05) is 0 Å². The van der Waals surface area contributed by atoms with Crippen LogP contribution in [0.3, 0.4) is 0 Å². The first-order valence-corrected chi connectivity index (χ1v) is 10.8. The van der Waals surface area contributed by atoms with E-state index < -0.39 is 48.0 Å². The molecule has 0 bridgehead atoms. The topological polar surface area (TPSA) is 277 Å². The number of carboxylic acid groups (broad SMARTS) is 4. The molecule has 4 rings (SSSR count). The summed E-state index contributed by atoms with van der Waals surface area (Å²) in [5.41, 5.74) is 0. The number of hydrogen-bond donors (Lipinski definition) is 4. The molecule has 0 aromatic carbocycles. The third-order valence-corrected chi connectivity index (χ3v) is 5.12. The molecule has 200 valence electrons. The van der Waals surface area contributed by atoms with Gasteiger partial charge < -0.3 is 60.9 Å². The molecular weight excluding hydrogens is 536 g/mol. The number of amides is 4. The molecule has 4 aliphatic heterocycles. The number of nitrogens with one attached hydrogen (secondary N) is 4. The van der Waals surface area contributed by atoms with Crippen molar-refractivity contribution >= 4 is 47.5 Å². The summed E-state index contributed by atoms with van der Waals surface area (Å²) in [5.74, 6) is -5.59. The Bertz CT molecular complexity index is 768. The standard InChI is InChI=1S/4C5H7NO3.Ti/c4*7-4-2-1-3(6-4)5(8)9;/h4*3H,1-2H2,(H,6,7)(H,8,9);/q;;;;+4/p-4. The van der Waals surface area contributed by atoms with E-state index in [1.54, 1.807) is 0 Å². The van der Waals surface area contributed by atoms with Gasteiger partial charge in [-0.15, -0.1) is 0 Å². The molecule has 4 aliphatic rings. The second-order valence-corrected chi connectivity index (χ2v) is 7.91. The molecule has 4 fully saturated rings. The summed E-state index contributed by atoms with van der Waals surface area (Å²) < 4.78 is 0. The minimum absolute atomic E-state index is 0. The third-order valence-electron chi connectivity index (χ3n) is 5.12. The van der Waals surface area contributed by atoms with Gasteiger partial charge in [0.15, 0.2) is 0 Å². The van der Waals surface area contributed by atoms with Crippen molar-refractivity contribution < 1.29 is 80.5 Å². The SMILES string of the molecule is O=C1CCC(C(=O)[O-])N1.O=C1CCC(C(=O)[O-])N1.O=C1CCC(C(=O)[O-])N1.O=C1CCC(C(=O)[O-])N1.[Ti+4]. The predicted molar refractivity (Wildman–Crippen MR) is 105 cm³/mol. The Hall–Kier alpha value is -3.53. The van der Waals surface area contributed by atoms with Gasteiger partial charge >= 0.3 is 21.7 Å². The number of carbonyl (C=O) groups excluding carboxylic acids is 8. The van der Waals surface area contributed by atoms with Crippen molar-refractivity contribution in [1.82, 2.24) is 21.3 Å². The molecule has 16 nitrogen and oxygen atoms in total. The summed E-state index contributed by atoms with van der Waals surface area (Å²) in [6.45, 7) is 0. The van der Waals surface area contributed by atoms with Crippen molar-refractivity contribution in [3.05, 3.63) is 0 Å². The van der Waals surface area contributed by atoms with E-state index in [2.05, 4.69) is 21.3 Å². The zero-order valence-electron chi connectivity index (χ0n) is 19.4. The Morgan fingerprint density at radius 3 is 0.676 bits per heavy atom.